The fourth-order valence-corrected chi connectivity index (χ4v) is 3.98. The molecule has 1 N–H and O–H groups in total. The Kier molecular flexibility index (Phi) is 5.29. The van der Waals surface area contributed by atoms with Gasteiger partial charge in [-0.15, -0.1) is 22.7 Å². The highest BCUT2D eigenvalue weighted by Gasteiger charge is 2.11. The normalized spacial score (nSPS) is 11.2. The van der Waals surface area contributed by atoms with E-state index in [1.165, 1.54) is 9.75 Å². The van der Waals surface area contributed by atoms with Crippen LogP contribution in [0.15, 0.2) is 48.2 Å². The van der Waals surface area contributed by atoms with Crippen molar-refractivity contribution in [3.05, 3.63) is 58.7 Å². The zero-order valence-electron chi connectivity index (χ0n) is 12.1. The largest absolute Gasteiger partial charge is 0.395 e. The summed E-state index contributed by atoms with van der Waals surface area (Å²) in [5.41, 5.74) is 1.15. The van der Waals surface area contributed by atoms with Gasteiger partial charge in [0.2, 0.25) is 0 Å². The van der Waals surface area contributed by atoms with Gasteiger partial charge in [0, 0.05) is 43.1 Å². The van der Waals surface area contributed by atoms with Gasteiger partial charge in [-0.1, -0.05) is 12.1 Å². The molecule has 0 atom stereocenters. The van der Waals surface area contributed by atoms with Gasteiger partial charge in [0.25, 0.3) is 0 Å². The van der Waals surface area contributed by atoms with Crippen LogP contribution in [-0.4, -0.2) is 33.1 Å². The quantitative estimate of drug-likeness (QED) is 0.722. The van der Waals surface area contributed by atoms with E-state index in [0.29, 0.717) is 6.54 Å². The highest BCUT2D eigenvalue weighted by Crippen LogP contribution is 2.29. The Labute approximate surface area is 137 Å². The first kappa shape index (κ1) is 15.3. The first-order valence-electron chi connectivity index (χ1n) is 7.06. The van der Waals surface area contributed by atoms with E-state index in [-0.39, 0.29) is 6.61 Å². The third-order valence-corrected chi connectivity index (χ3v) is 5.23. The van der Waals surface area contributed by atoms with E-state index in [9.17, 15) is 5.11 Å². The Hall–Kier alpha value is -1.60. The van der Waals surface area contributed by atoms with E-state index in [1.807, 2.05) is 24.5 Å². The number of aliphatic hydroxyl groups excluding tert-OH is 1. The number of aliphatic hydroxyl groups is 1. The number of pyridine rings is 1. The van der Waals surface area contributed by atoms with Crippen LogP contribution in [0.2, 0.25) is 0 Å². The lowest BCUT2D eigenvalue weighted by molar-refractivity contribution is 0.185. The van der Waals surface area contributed by atoms with E-state index in [4.69, 9.17) is 0 Å². The summed E-state index contributed by atoms with van der Waals surface area (Å²) >= 11 is 3.42. The topological polar surface area (TPSA) is 49.2 Å². The lowest BCUT2D eigenvalue weighted by Gasteiger charge is -2.20. The summed E-state index contributed by atoms with van der Waals surface area (Å²) in [6.45, 7) is 2.36. The minimum Gasteiger partial charge on any atom is -0.395 e. The number of hydrogen-bond donors (Lipinski definition) is 1. The predicted octanol–water partition coefficient (Wildman–Crippen LogP) is 3.26. The summed E-state index contributed by atoms with van der Waals surface area (Å²) in [4.78, 5) is 13.3. The average Bonchev–Trinajstić information content (AvgIpc) is 3.19. The van der Waals surface area contributed by atoms with E-state index in [0.717, 1.165) is 23.7 Å². The average molecular weight is 331 g/mol. The summed E-state index contributed by atoms with van der Waals surface area (Å²) in [5, 5.41) is 12.4. The van der Waals surface area contributed by atoms with Crippen LogP contribution in [0, 0.1) is 0 Å². The van der Waals surface area contributed by atoms with Gasteiger partial charge in [0.15, 0.2) is 0 Å². The summed E-state index contributed by atoms with van der Waals surface area (Å²) in [7, 11) is 0. The molecule has 0 aliphatic rings. The van der Waals surface area contributed by atoms with E-state index in [2.05, 4.69) is 32.4 Å². The Morgan fingerprint density at radius 1 is 1.14 bits per heavy atom. The van der Waals surface area contributed by atoms with Crippen LogP contribution in [0.3, 0.4) is 0 Å². The molecule has 0 saturated carbocycles. The first-order chi connectivity index (χ1) is 10.8. The fourth-order valence-electron chi connectivity index (χ4n) is 2.22. The van der Waals surface area contributed by atoms with E-state index in [1.54, 1.807) is 28.9 Å². The van der Waals surface area contributed by atoms with Crippen LogP contribution in [0.1, 0.15) is 10.4 Å². The van der Waals surface area contributed by atoms with Crippen molar-refractivity contribution in [3.8, 4) is 9.88 Å². The highest BCUT2D eigenvalue weighted by molar-refractivity contribution is 7.20. The molecule has 3 rings (SSSR count). The van der Waals surface area contributed by atoms with Crippen LogP contribution in [0.5, 0.6) is 0 Å². The van der Waals surface area contributed by atoms with Gasteiger partial charge in [0.05, 0.1) is 11.5 Å². The van der Waals surface area contributed by atoms with Gasteiger partial charge >= 0.3 is 0 Å². The van der Waals surface area contributed by atoms with Gasteiger partial charge in [-0.25, -0.2) is 4.98 Å². The molecule has 0 aliphatic carbocycles. The number of nitrogens with zero attached hydrogens (tertiary/aromatic N) is 3. The van der Waals surface area contributed by atoms with Crippen molar-refractivity contribution >= 4 is 22.7 Å². The first-order valence-corrected chi connectivity index (χ1v) is 8.75. The molecule has 0 amide bonds. The second-order valence-corrected chi connectivity index (χ2v) is 6.97. The molecule has 114 valence electrons. The molecule has 0 saturated heterocycles. The third kappa shape index (κ3) is 3.98. The monoisotopic (exact) mass is 331 g/mol. The van der Waals surface area contributed by atoms with Crippen LogP contribution in [-0.2, 0) is 13.1 Å². The number of thiophene rings is 1. The number of thiazole rings is 1. The lowest BCUT2D eigenvalue weighted by Crippen LogP contribution is -2.25. The molecule has 0 fully saturated rings. The van der Waals surface area contributed by atoms with Crippen molar-refractivity contribution in [2.24, 2.45) is 0 Å². The SMILES string of the molecule is OCCN(Cc1cccnc1)Cc1cnc(-c2cccs2)s1. The minimum atomic E-state index is 0.150. The Morgan fingerprint density at radius 3 is 2.82 bits per heavy atom. The molecule has 4 nitrogen and oxygen atoms in total. The van der Waals surface area contributed by atoms with Gasteiger partial charge in [-0.05, 0) is 23.1 Å². The van der Waals surface area contributed by atoms with Crippen molar-refractivity contribution in [3.63, 3.8) is 0 Å². The number of hydrogen-bond acceptors (Lipinski definition) is 6. The molecular weight excluding hydrogens is 314 g/mol. The standard InChI is InChI=1S/C16H17N3OS2/c20-7-6-19(11-13-3-1-5-17-9-13)12-14-10-18-16(22-14)15-4-2-8-21-15/h1-5,8-10,20H,6-7,11-12H2. The molecule has 0 unspecified atom stereocenters. The van der Waals surface area contributed by atoms with E-state index >= 15 is 0 Å². The Balaban J connectivity index is 1.68. The Morgan fingerprint density at radius 2 is 2.09 bits per heavy atom. The molecule has 0 spiro atoms. The van der Waals surface area contributed by atoms with Crippen molar-refractivity contribution < 1.29 is 5.11 Å². The summed E-state index contributed by atoms with van der Waals surface area (Å²) in [5.74, 6) is 0. The molecule has 0 radical (unpaired) electrons. The van der Waals surface area contributed by atoms with Crippen LogP contribution in [0.4, 0.5) is 0 Å². The summed E-state index contributed by atoms with van der Waals surface area (Å²) < 4.78 is 0. The molecule has 3 aromatic rings. The van der Waals surface area contributed by atoms with Gasteiger partial charge < -0.3 is 5.11 Å². The van der Waals surface area contributed by atoms with Gasteiger partial charge in [-0.3, -0.25) is 9.88 Å². The lowest BCUT2D eigenvalue weighted by atomic mass is 10.2. The maximum absolute atomic E-state index is 9.28. The molecule has 0 bridgehead atoms. The highest BCUT2D eigenvalue weighted by atomic mass is 32.1. The maximum atomic E-state index is 9.28. The van der Waals surface area contributed by atoms with Crippen LogP contribution in [0.25, 0.3) is 9.88 Å². The summed E-state index contributed by atoms with van der Waals surface area (Å²) in [6.07, 6.45) is 5.58. The van der Waals surface area contributed by atoms with E-state index < -0.39 is 0 Å². The van der Waals surface area contributed by atoms with Gasteiger partial charge in [-0.2, -0.15) is 0 Å². The molecular formula is C16H17N3OS2. The smallest absolute Gasteiger partial charge is 0.133 e. The number of rotatable bonds is 7. The molecule has 3 heterocycles. The Bertz CT molecular complexity index is 683. The second-order valence-electron chi connectivity index (χ2n) is 4.90. The van der Waals surface area contributed by atoms with Crippen molar-refractivity contribution in [1.29, 1.82) is 0 Å². The van der Waals surface area contributed by atoms with Crippen LogP contribution >= 0.6 is 22.7 Å². The molecule has 0 aromatic carbocycles. The van der Waals surface area contributed by atoms with Crippen LogP contribution < -0.4 is 0 Å². The maximum Gasteiger partial charge on any atom is 0.133 e. The van der Waals surface area contributed by atoms with Crippen molar-refractivity contribution in [2.75, 3.05) is 13.2 Å². The minimum absolute atomic E-state index is 0.150. The van der Waals surface area contributed by atoms with Gasteiger partial charge in [0.1, 0.15) is 5.01 Å². The fraction of sp³-hybridized carbons (Fsp3) is 0.250. The zero-order chi connectivity index (χ0) is 15.2. The zero-order valence-corrected chi connectivity index (χ0v) is 13.7. The molecule has 0 aliphatic heterocycles. The summed E-state index contributed by atoms with van der Waals surface area (Å²) in [6, 6.07) is 8.13. The third-order valence-electron chi connectivity index (χ3n) is 3.21. The van der Waals surface area contributed by atoms with Crippen molar-refractivity contribution in [2.45, 2.75) is 13.1 Å². The second kappa shape index (κ2) is 7.60. The van der Waals surface area contributed by atoms with Crippen molar-refractivity contribution in [1.82, 2.24) is 14.9 Å². The predicted molar refractivity (Wildman–Crippen MR) is 90.9 cm³/mol. The molecule has 3 aromatic heterocycles. The molecule has 22 heavy (non-hydrogen) atoms. The molecule has 6 heteroatoms. The number of aromatic nitrogens is 2.